The molecule has 0 spiro atoms. The number of sulfonamides is 1. The van der Waals surface area contributed by atoms with E-state index in [4.69, 9.17) is 4.74 Å². The van der Waals surface area contributed by atoms with Crippen molar-refractivity contribution in [1.82, 2.24) is 9.62 Å². The topological polar surface area (TPSA) is 75.7 Å². The van der Waals surface area contributed by atoms with Gasteiger partial charge < -0.3 is 10.1 Å². The summed E-state index contributed by atoms with van der Waals surface area (Å²) >= 11 is 1.69. The van der Waals surface area contributed by atoms with Crippen LogP contribution in [0.2, 0.25) is 0 Å². The molecule has 1 N–H and O–H groups in total. The highest BCUT2D eigenvalue weighted by Gasteiger charge is 2.55. The van der Waals surface area contributed by atoms with Crippen molar-refractivity contribution in [2.75, 3.05) is 32.6 Å². The zero-order valence-electron chi connectivity index (χ0n) is 15.3. The van der Waals surface area contributed by atoms with E-state index in [1.54, 1.807) is 22.8 Å². The van der Waals surface area contributed by atoms with Gasteiger partial charge >= 0.3 is 0 Å². The van der Waals surface area contributed by atoms with Gasteiger partial charge in [-0.1, -0.05) is 18.9 Å². The van der Waals surface area contributed by atoms with Crippen LogP contribution in [-0.2, 0) is 26.0 Å². The van der Waals surface area contributed by atoms with Crippen LogP contribution in [0.5, 0.6) is 0 Å². The molecule has 3 rings (SSSR count). The number of amides is 1. The van der Waals surface area contributed by atoms with E-state index in [0.29, 0.717) is 26.1 Å². The Hall–Kier alpha value is -0.960. The fraction of sp³-hybridized carbons (Fsp3) is 0.722. The molecule has 1 aliphatic heterocycles. The maximum atomic E-state index is 13.2. The minimum Gasteiger partial charge on any atom is -0.383 e. The van der Waals surface area contributed by atoms with Crippen LogP contribution in [0.1, 0.15) is 37.0 Å². The Morgan fingerprint density at radius 1 is 1.42 bits per heavy atom. The van der Waals surface area contributed by atoms with Crippen molar-refractivity contribution in [1.29, 1.82) is 0 Å². The molecule has 1 aromatic heterocycles. The molecule has 2 heterocycles. The first-order valence-electron chi connectivity index (χ1n) is 9.29. The lowest BCUT2D eigenvalue weighted by Gasteiger charge is -2.50. The van der Waals surface area contributed by atoms with Crippen molar-refractivity contribution in [3.8, 4) is 0 Å². The molecule has 1 amide bonds. The smallest absolute Gasteiger partial charge is 0.227 e. The number of thiophene rings is 1. The average molecular weight is 401 g/mol. The number of carbonyl (C=O) groups excluding carboxylic acids is 1. The summed E-state index contributed by atoms with van der Waals surface area (Å²) < 4.78 is 31.9. The molecule has 1 saturated heterocycles. The van der Waals surface area contributed by atoms with E-state index in [1.165, 1.54) is 4.88 Å². The molecule has 0 aromatic carbocycles. The second-order valence-electron chi connectivity index (χ2n) is 7.17. The van der Waals surface area contributed by atoms with E-state index in [9.17, 15) is 13.2 Å². The van der Waals surface area contributed by atoms with Gasteiger partial charge in [-0.25, -0.2) is 8.42 Å². The summed E-state index contributed by atoms with van der Waals surface area (Å²) in [4.78, 5) is 14.4. The van der Waals surface area contributed by atoms with E-state index in [-0.39, 0.29) is 17.7 Å². The first kappa shape index (κ1) is 19.8. The number of carbonyl (C=O) groups is 1. The molecule has 0 bridgehead atoms. The maximum absolute atomic E-state index is 13.2. The van der Waals surface area contributed by atoms with Gasteiger partial charge in [0.25, 0.3) is 0 Å². The van der Waals surface area contributed by atoms with Crippen LogP contribution in [0, 0.1) is 5.41 Å². The van der Waals surface area contributed by atoms with Gasteiger partial charge in [0.05, 0.1) is 17.8 Å². The predicted octanol–water partition coefficient (Wildman–Crippen LogP) is 2.02. The molecule has 0 unspecified atom stereocenters. The predicted molar refractivity (Wildman–Crippen MR) is 103 cm³/mol. The van der Waals surface area contributed by atoms with Crippen LogP contribution >= 0.6 is 11.3 Å². The number of rotatable bonds is 7. The molecule has 26 heavy (non-hydrogen) atoms. The van der Waals surface area contributed by atoms with Crippen LogP contribution in [0.4, 0.5) is 0 Å². The Morgan fingerprint density at radius 2 is 2.27 bits per heavy atom. The fourth-order valence-corrected chi connectivity index (χ4v) is 6.95. The van der Waals surface area contributed by atoms with E-state index >= 15 is 0 Å². The van der Waals surface area contributed by atoms with Gasteiger partial charge in [-0.3, -0.25) is 4.79 Å². The monoisotopic (exact) mass is 400 g/mol. The van der Waals surface area contributed by atoms with Gasteiger partial charge in [-0.05, 0) is 37.1 Å². The molecular weight excluding hydrogens is 372 g/mol. The Morgan fingerprint density at radius 3 is 3.00 bits per heavy atom. The molecule has 2 aliphatic rings. The SMILES string of the molecule is COCCN1[C@@H]2CCCC[C@@]2(C(=O)NCCc2cccs2)CCS1(=O)=O. The Labute approximate surface area is 160 Å². The standard InChI is InChI=1S/C18H28N2O4S2/c1-24-12-11-20-16-6-2-3-8-18(16,9-14-26(20,22)23)17(21)19-10-7-15-5-4-13-25-15/h4-5,13,16H,2-3,6-12,14H2,1H3,(H,19,21)/t16-,18-/m1/s1. The number of hydrogen-bond acceptors (Lipinski definition) is 5. The van der Waals surface area contributed by atoms with Gasteiger partial charge in [0.15, 0.2) is 0 Å². The second-order valence-corrected chi connectivity index (χ2v) is 10.2. The number of nitrogens with zero attached hydrogens (tertiary/aromatic N) is 1. The highest BCUT2D eigenvalue weighted by molar-refractivity contribution is 7.89. The van der Waals surface area contributed by atoms with Crippen molar-refractivity contribution in [2.45, 2.75) is 44.6 Å². The van der Waals surface area contributed by atoms with Gasteiger partial charge in [0.1, 0.15) is 0 Å². The number of fused-ring (bicyclic) bond motifs is 1. The van der Waals surface area contributed by atoms with Crippen molar-refractivity contribution in [2.24, 2.45) is 5.41 Å². The summed E-state index contributed by atoms with van der Waals surface area (Å²) in [5.41, 5.74) is -0.591. The molecule has 146 valence electrons. The number of nitrogens with one attached hydrogen (secondary N) is 1. The van der Waals surface area contributed by atoms with Crippen LogP contribution in [0.25, 0.3) is 0 Å². The fourth-order valence-electron chi connectivity index (χ4n) is 4.34. The third-order valence-electron chi connectivity index (χ3n) is 5.70. The number of methoxy groups -OCH3 is 1. The van der Waals surface area contributed by atoms with E-state index in [2.05, 4.69) is 11.4 Å². The van der Waals surface area contributed by atoms with Crippen molar-refractivity contribution in [3.63, 3.8) is 0 Å². The molecular formula is C18H28N2O4S2. The lowest BCUT2D eigenvalue weighted by atomic mass is 9.67. The highest BCUT2D eigenvalue weighted by Crippen LogP contribution is 2.46. The zero-order valence-corrected chi connectivity index (χ0v) is 16.9. The lowest BCUT2D eigenvalue weighted by molar-refractivity contribution is -0.137. The minimum atomic E-state index is -3.32. The van der Waals surface area contributed by atoms with Crippen molar-refractivity contribution < 1.29 is 17.9 Å². The summed E-state index contributed by atoms with van der Waals surface area (Å²) in [6.45, 7) is 1.28. The van der Waals surface area contributed by atoms with Crippen LogP contribution in [-0.4, -0.2) is 57.2 Å². The Balaban J connectivity index is 1.74. The number of ether oxygens (including phenoxy) is 1. The maximum Gasteiger partial charge on any atom is 0.227 e. The molecule has 1 aromatic rings. The van der Waals surface area contributed by atoms with Crippen molar-refractivity contribution >= 4 is 27.3 Å². The summed E-state index contributed by atoms with van der Waals surface area (Å²) in [7, 11) is -1.75. The Kier molecular flexibility index (Phi) is 6.37. The molecule has 2 atom stereocenters. The van der Waals surface area contributed by atoms with Crippen molar-refractivity contribution in [3.05, 3.63) is 22.4 Å². The van der Waals surface area contributed by atoms with Gasteiger partial charge in [0, 0.05) is 31.1 Å². The average Bonchev–Trinajstić information content (AvgIpc) is 3.14. The van der Waals surface area contributed by atoms with Gasteiger partial charge in [0.2, 0.25) is 15.9 Å². The van der Waals surface area contributed by atoms with Crippen LogP contribution in [0.15, 0.2) is 17.5 Å². The molecule has 6 nitrogen and oxygen atoms in total. The molecule has 1 aliphatic carbocycles. The molecule has 2 fully saturated rings. The zero-order chi connectivity index (χ0) is 18.6. The molecule has 0 radical (unpaired) electrons. The first-order valence-corrected chi connectivity index (χ1v) is 11.8. The summed E-state index contributed by atoms with van der Waals surface area (Å²) in [6, 6.07) is 3.84. The summed E-state index contributed by atoms with van der Waals surface area (Å²) in [5.74, 6) is 0.0713. The van der Waals surface area contributed by atoms with E-state index in [0.717, 1.165) is 32.1 Å². The van der Waals surface area contributed by atoms with E-state index < -0.39 is 15.4 Å². The number of hydrogen-bond donors (Lipinski definition) is 1. The van der Waals surface area contributed by atoms with Gasteiger partial charge in [-0.2, -0.15) is 4.31 Å². The first-order chi connectivity index (χ1) is 12.5. The molecule has 1 saturated carbocycles. The third kappa shape index (κ3) is 3.98. The minimum absolute atomic E-state index is 0.0241. The van der Waals surface area contributed by atoms with Crippen LogP contribution in [0.3, 0.4) is 0 Å². The summed E-state index contributed by atoms with van der Waals surface area (Å²) in [5, 5.41) is 5.13. The normalized spacial score (nSPS) is 28.4. The summed E-state index contributed by atoms with van der Waals surface area (Å²) in [6.07, 6.45) is 4.70. The third-order valence-corrected chi connectivity index (χ3v) is 8.51. The van der Waals surface area contributed by atoms with Crippen LogP contribution < -0.4 is 5.32 Å². The molecule has 8 heteroatoms. The quantitative estimate of drug-likeness (QED) is 0.760. The largest absolute Gasteiger partial charge is 0.383 e. The van der Waals surface area contributed by atoms with Gasteiger partial charge in [-0.15, -0.1) is 11.3 Å². The highest BCUT2D eigenvalue weighted by atomic mass is 32.2. The Bertz CT molecular complexity index is 705. The lowest BCUT2D eigenvalue weighted by Crippen LogP contribution is -2.63. The second kappa shape index (κ2) is 8.37. The van der Waals surface area contributed by atoms with E-state index in [1.807, 2.05) is 11.4 Å².